The first-order valence-electron chi connectivity index (χ1n) is 7.56. The number of aryl methyl sites for hydroxylation is 1. The van der Waals surface area contributed by atoms with E-state index in [9.17, 15) is 4.79 Å². The molecule has 0 spiro atoms. The maximum Gasteiger partial charge on any atom is 0.245 e. The first kappa shape index (κ1) is 21.9. The zero-order chi connectivity index (χ0) is 18.7. The van der Waals surface area contributed by atoms with Crippen molar-refractivity contribution in [3.8, 4) is 0 Å². The lowest BCUT2D eigenvalue weighted by Gasteiger charge is -2.13. The predicted molar refractivity (Wildman–Crippen MR) is 104 cm³/mol. The standard InChI is InChI=1S/C12H16ClNO3.C6H4BrCl/c1-17-11(8-12(15)14-16)7-4-9-2-5-10(13)6-3-9;7-5-3-1-2-4-6(5)8/h2-3,5-6,11,16H,4,7-8H2,1H3,(H,14,15);1-4H. The van der Waals surface area contributed by atoms with E-state index >= 15 is 0 Å². The molecule has 136 valence electrons. The fourth-order valence-corrected chi connectivity index (χ4v) is 2.52. The van der Waals surface area contributed by atoms with Gasteiger partial charge < -0.3 is 4.74 Å². The molecule has 0 saturated carbocycles. The fourth-order valence-electron chi connectivity index (χ4n) is 1.97. The minimum Gasteiger partial charge on any atom is -0.381 e. The van der Waals surface area contributed by atoms with Gasteiger partial charge in [0.25, 0.3) is 0 Å². The van der Waals surface area contributed by atoms with E-state index in [1.807, 2.05) is 48.5 Å². The summed E-state index contributed by atoms with van der Waals surface area (Å²) in [5, 5.41) is 9.89. The molecule has 2 aromatic carbocycles. The van der Waals surface area contributed by atoms with E-state index in [1.54, 1.807) is 12.6 Å². The van der Waals surface area contributed by atoms with Crippen LogP contribution in [0.4, 0.5) is 0 Å². The summed E-state index contributed by atoms with van der Waals surface area (Å²) in [4.78, 5) is 11.0. The van der Waals surface area contributed by atoms with Gasteiger partial charge in [0.2, 0.25) is 5.91 Å². The second-order valence-electron chi connectivity index (χ2n) is 5.18. The van der Waals surface area contributed by atoms with Crippen molar-refractivity contribution in [2.45, 2.75) is 25.4 Å². The first-order chi connectivity index (χ1) is 12.0. The topological polar surface area (TPSA) is 58.6 Å². The number of nitrogens with one attached hydrogen (secondary N) is 1. The van der Waals surface area contributed by atoms with E-state index in [1.165, 1.54) is 0 Å². The molecule has 0 aromatic heterocycles. The average molecular weight is 449 g/mol. The van der Waals surface area contributed by atoms with Gasteiger partial charge >= 0.3 is 0 Å². The van der Waals surface area contributed by atoms with Crippen LogP contribution in [0, 0.1) is 0 Å². The Bertz CT molecular complexity index is 632. The molecule has 1 unspecified atom stereocenters. The molecular weight excluding hydrogens is 429 g/mol. The molecule has 2 rings (SSSR count). The maximum atomic E-state index is 11.0. The molecule has 4 nitrogen and oxygen atoms in total. The number of hydroxylamine groups is 1. The summed E-state index contributed by atoms with van der Waals surface area (Å²) >= 11 is 14.7. The van der Waals surface area contributed by atoms with Crippen LogP contribution >= 0.6 is 39.1 Å². The Morgan fingerprint density at radius 1 is 1.20 bits per heavy atom. The highest BCUT2D eigenvalue weighted by molar-refractivity contribution is 9.10. The molecule has 1 atom stereocenters. The quantitative estimate of drug-likeness (QED) is 0.466. The number of carbonyl (C=O) groups excluding carboxylic acids is 1. The summed E-state index contributed by atoms with van der Waals surface area (Å²) < 4.78 is 6.12. The van der Waals surface area contributed by atoms with Gasteiger partial charge in [-0.2, -0.15) is 0 Å². The van der Waals surface area contributed by atoms with Crippen molar-refractivity contribution < 1.29 is 14.7 Å². The number of ether oxygens (including phenoxy) is 1. The molecular formula is C18H20BrCl2NO3. The molecule has 25 heavy (non-hydrogen) atoms. The summed E-state index contributed by atoms with van der Waals surface area (Å²) in [6, 6.07) is 15.1. The van der Waals surface area contributed by atoms with E-state index in [-0.39, 0.29) is 12.5 Å². The lowest BCUT2D eigenvalue weighted by Crippen LogP contribution is -2.25. The van der Waals surface area contributed by atoms with Crippen molar-refractivity contribution in [3.05, 3.63) is 68.6 Å². The largest absolute Gasteiger partial charge is 0.381 e. The van der Waals surface area contributed by atoms with Crippen LogP contribution < -0.4 is 5.48 Å². The van der Waals surface area contributed by atoms with E-state index in [0.29, 0.717) is 11.4 Å². The third-order valence-corrected chi connectivity index (χ3v) is 4.87. The van der Waals surface area contributed by atoms with Crippen molar-refractivity contribution in [2.24, 2.45) is 0 Å². The van der Waals surface area contributed by atoms with Crippen LogP contribution in [0.1, 0.15) is 18.4 Å². The van der Waals surface area contributed by atoms with Crippen LogP contribution in [0.15, 0.2) is 53.0 Å². The molecule has 0 aliphatic carbocycles. The van der Waals surface area contributed by atoms with Gasteiger partial charge in [-0.3, -0.25) is 10.0 Å². The Balaban J connectivity index is 0.000000324. The van der Waals surface area contributed by atoms with Crippen molar-refractivity contribution in [2.75, 3.05) is 7.11 Å². The van der Waals surface area contributed by atoms with Crippen molar-refractivity contribution in [1.29, 1.82) is 0 Å². The minimum atomic E-state index is -0.437. The number of halogens is 3. The molecule has 1 amide bonds. The van der Waals surface area contributed by atoms with Gasteiger partial charge in [0, 0.05) is 16.6 Å². The lowest BCUT2D eigenvalue weighted by molar-refractivity contribution is -0.131. The predicted octanol–water partition coefficient (Wildman–Crippen LogP) is 5.29. The Hall–Kier alpha value is -1.11. The highest BCUT2D eigenvalue weighted by atomic mass is 79.9. The van der Waals surface area contributed by atoms with E-state index in [4.69, 9.17) is 33.1 Å². The van der Waals surface area contributed by atoms with Gasteiger partial charge in [0.15, 0.2) is 0 Å². The zero-order valence-electron chi connectivity index (χ0n) is 13.7. The van der Waals surface area contributed by atoms with Gasteiger partial charge in [0.05, 0.1) is 17.5 Å². The third kappa shape index (κ3) is 9.23. The Kier molecular flexibility index (Phi) is 10.8. The lowest BCUT2D eigenvalue weighted by atomic mass is 10.0. The van der Waals surface area contributed by atoms with Crippen LogP contribution in [0.3, 0.4) is 0 Å². The van der Waals surface area contributed by atoms with Crippen molar-refractivity contribution in [1.82, 2.24) is 5.48 Å². The molecule has 7 heteroatoms. The monoisotopic (exact) mass is 447 g/mol. The van der Waals surface area contributed by atoms with Crippen LogP contribution in [-0.4, -0.2) is 24.3 Å². The average Bonchev–Trinajstić information content (AvgIpc) is 2.62. The number of hydrogen-bond donors (Lipinski definition) is 2. The molecule has 2 aromatic rings. The highest BCUT2D eigenvalue weighted by Crippen LogP contribution is 2.20. The van der Waals surface area contributed by atoms with Crippen LogP contribution in [0.25, 0.3) is 0 Å². The minimum absolute atomic E-state index is 0.153. The van der Waals surface area contributed by atoms with Gasteiger partial charge in [0.1, 0.15) is 0 Å². The first-order valence-corrected chi connectivity index (χ1v) is 9.11. The summed E-state index contributed by atoms with van der Waals surface area (Å²) in [6.45, 7) is 0. The van der Waals surface area contributed by atoms with Crippen molar-refractivity contribution in [3.63, 3.8) is 0 Å². The van der Waals surface area contributed by atoms with E-state index in [0.717, 1.165) is 21.5 Å². The number of amides is 1. The summed E-state index contributed by atoms with van der Waals surface area (Å²) in [5.74, 6) is -0.437. The van der Waals surface area contributed by atoms with Crippen LogP contribution in [0.5, 0.6) is 0 Å². The number of methoxy groups -OCH3 is 1. The Labute approximate surface area is 166 Å². The molecule has 0 radical (unpaired) electrons. The summed E-state index contributed by atoms with van der Waals surface area (Å²) in [6.07, 6.45) is 1.47. The van der Waals surface area contributed by atoms with Crippen LogP contribution in [0.2, 0.25) is 10.0 Å². The van der Waals surface area contributed by atoms with Crippen molar-refractivity contribution >= 4 is 45.0 Å². The van der Waals surface area contributed by atoms with E-state index < -0.39 is 5.91 Å². The summed E-state index contributed by atoms with van der Waals surface area (Å²) in [7, 11) is 1.55. The smallest absolute Gasteiger partial charge is 0.245 e. The van der Waals surface area contributed by atoms with Gasteiger partial charge in [-0.1, -0.05) is 47.5 Å². The molecule has 0 fully saturated rings. The Morgan fingerprint density at radius 3 is 2.32 bits per heavy atom. The van der Waals surface area contributed by atoms with Gasteiger partial charge in [-0.25, -0.2) is 5.48 Å². The normalized spacial score (nSPS) is 11.2. The number of carbonyl (C=O) groups is 1. The zero-order valence-corrected chi connectivity index (χ0v) is 16.8. The molecule has 0 bridgehead atoms. The molecule has 0 aliphatic heterocycles. The SMILES string of the molecule is COC(CCc1ccc(Cl)cc1)CC(=O)NO.Clc1ccccc1Br. The number of hydrogen-bond acceptors (Lipinski definition) is 3. The molecule has 0 heterocycles. The second kappa shape index (κ2) is 12.3. The van der Waals surface area contributed by atoms with Gasteiger partial charge in [-0.05, 0) is 58.6 Å². The maximum absolute atomic E-state index is 11.0. The Morgan fingerprint density at radius 2 is 1.84 bits per heavy atom. The summed E-state index contributed by atoms with van der Waals surface area (Å²) in [5.41, 5.74) is 2.74. The third-order valence-electron chi connectivity index (χ3n) is 3.36. The number of benzene rings is 2. The molecule has 0 saturated heterocycles. The van der Waals surface area contributed by atoms with E-state index in [2.05, 4.69) is 15.9 Å². The number of rotatable bonds is 6. The fraction of sp³-hybridized carbons (Fsp3) is 0.278. The molecule has 0 aliphatic rings. The van der Waals surface area contributed by atoms with Crippen LogP contribution in [-0.2, 0) is 16.0 Å². The second-order valence-corrected chi connectivity index (χ2v) is 6.87. The van der Waals surface area contributed by atoms with Gasteiger partial charge in [-0.15, -0.1) is 0 Å². The molecule has 2 N–H and O–H groups in total. The highest BCUT2D eigenvalue weighted by Gasteiger charge is 2.12.